The molecule has 2 aliphatic heterocycles. The Morgan fingerprint density at radius 1 is 1.06 bits per heavy atom. The lowest BCUT2D eigenvalue weighted by Crippen LogP contribution is -2.47. The van der Waals surface area contributed by atoms with Crippen LogP contribution in [0.3, 0.4) is 0 Å². The number of ether oxygens (including phenoxy) is 1. The summed E-state index contributed by atoms with van der Waals surface area (Å²) < 4.78 is 5.60. The molecule has 3 aromatic rings. The van der Waals surface area contributed by atoms with Crippen molar-refractivity contribution in [3.63, 3.8) is 0 Å². The van der Waals surface area contributed by atoms with Crippen LogP contribution in [0.15, 0.2) is 48.7 Å². The van der Waals surface area contributed by atoms with E-state index in [1.807, 2.05) is 6.07 Å². The molecule has 3 heterocycles. The molecular formula is C24H19Cl2N3O4. The van der Waals surface area contributed by atoms with Gasteiger partial charge < -0.3 is 14.7 Å². The van der Waals surface area contributed by atoms with Crippen LogP contribution in [-0.2, 0) is 22.6 Å². The number of benzene rings is 2. The summed E-state index contributed by atoms with van der Waals surface area (Å²) in [5, 5.41) is 10.8. The highest BCUT2D eigenvalue weighted by molar-refractivity contribution is 6.35. The van der Waals surface area contributed by atoms with Gasteiger partial charge in [0.2, 0.25) is 5.91 Å². The molecule has 7 nitrogen and oxygen atoms in total. The molecule has 0 fully saturated rings. The summed E-state index contributed by atoms with van der Waals surface area (Å²) in [5.74, 6) is 0.340. The first-order valence-electron chi connectivity index (χ1n) is 10.4. The van der Waals surface area contributed by atoms with Gasteiger partial charge in [0.25, 0.3) is 5.91 Å². The van der Waals surface area contributed by atoms with E-state index < -0.39 is 0 Å². The zero-order valence-electron chi connectivity index (χ0n) is 17.4. The molecule has 0 unspecified atom stereocenters. The molecule has 2 amide bonds. The maximum atomic E-state index is 13.1. The molecule has 0 saturated heterocycles. The van der Waals surface area contributed by atoms with E-state index in [0.29, 0.717) is 41.1 Å². The van der Waals surface area contributed by atoms with Crippen LogP contribution in [0, 0.1) is 0 Å². The number of phenolic OH excluding ortho intramolecular Hbond substituents is 1. The molecule has 1 N–H and O–H groups in total. The van der Waals surface area contributed by atoms with Crippen LogP contribution >= 0.6 is 23.2 Å². The Hall–Kier alpha value is -3.29. The molecule has 0 aliphatic carbocycles. The van der Waals surface area contributed by atoms with E-state index in [1.54, 1.807) is 47.5 Å². The number of aromatic nitrogens is 1. The Balaban J connectivity index is 1.37. The molecule has 33 heavy (non-hydrogen) atoms. The molecule has 0 spiro atoms. The number of fused-ring (bicyclic) bond motifs is 2. The maximum Gasteiger partial charge on any atom is 0.266 e. The summed E-state index contributed by atoms with van der Waals surface area (Å²) in [4.78, 5) is 33.1. The lowest BCUT2D eigenvalue weighted by molar-refractivity contribution is -0.132. The lowest BCUT2D eigenvalue weighted by atomic mass is 9.99. The van der Waals surface area contributed by atoms with Crippen molar-refractivity contribution in [1.82, 2.24) is 9.88 Å². The Morgan fingerprint density at radius 3 is 2.64 bits per heavy atom. The molecule has 9 heteroatoms. The number of halogens is 2. The normalized spacial score (nSPS) is 15.0. The van der Waals surface area contributed by atoms with E-state index in [-0.39, 0.29) is 30.7 Å². The minimum absolute atomic E-state index is 0.140. The van der Waals surface area contributed by atoms with Gasteiger partial charge in [0.05, 0.1) is 0 Å². The Kier molecular flexibility index (Phi) is 5.60. The number of amides is 2. The first kappa shape index (κ1) is 21.6. The largest absolute Gasteiger partial charge is 0.508 e. The van der Waals surface area contributed by atoms with E-state index >= 15 is 0 Å². The fourth-order valence-corrected chi connectivity index (χ4v) is 4.64. The number of nitrogens with zero attached hydrogens (tertiary/aromatic N) is 3. The van der Waals surface area contributed by atoms with Crippen LogP contribution in [0.25, 0.3) is 11.1 Å². The average molecular weight is 484 g/mol. The molecule has 0 saturated carbocycles. The van der Waals surface area contributed by atoms with E-state index in [4.69, 9.17) is 27.9 Å². The van der Waals surface area contributed by atoms with Gasteiger partial charge in [-0.25, -0.2) is 4.98 Å². The van der Waals surface area contributed by atoms with Crippen molar-refractivity contribution in [2.45, 2.75) is 13.0 Å². The Labute approximate surface area is 200 Å². The van der Waals surface area contributed by atoms with Gasteiger partial charge in [0.1, 0.15) is 12.3 Å². The summed E-state index contributed by atoms with van der Waals surface area (Å²) in [6, 6.07) is 12.1. The minimum Gasteiger partial charge on any atom is -0.508 e. The number of carbonyl (C=O) groups excluding carboxylic acids is 2. The predicted molar refractivity (Wildman–Crippen MR) is 125 cm³/mol. The summed E-state index contributed by atoms with van der Waals surface area (Å²) in [6.45, 7) is 0.608. The standard InChI is InChI=1S/C24H19Cl2N3O4/c25-18-5-15(6-19(26)9-18)16-8-21-24(27-10-16)29(23(32)13-33-21)12-22(31)28-4-3-14-1-2-20(30)7-17(14)11-28/h1-2,5-10,30H,3-4,11-13H2. The lowest BCUT2D eigenvalue weighted by Gasteiger charge is -2.33. The molecule has 168 valence electrons. The summed E-state index contributed by atoms with van der Waals surface area (Å²) in [5.41, 5.74) is 3.51. The molecule has 2 aliphatic rings. The number of anilines is 1. The second-order valence-electron chi connectivity index (χ2n) is 7.99. The zero-order chi connectivity index (χ0) is 23.1. The SMILES string of the molecule is O=C(CN1C(=O)COc2cc(-c3cc(Cl)cc(Cl)c3)cnc21)N1CCc2ccc(O)cc2C1. The summed E-state index contributed by atoms with van der Waals surface area (Å²) in [7, 11) is 0. The fraction of sp³-hybridized carbons (Fsp3) is 0.208. The molecule has 2 aromatic carbocycles. The smallest absolute Gasteiger partial charge is 0.266 e. The van der Waals surface area contributed by atoms with Crippen LogP contribution in [0.5, 0.6) is 11.5 Å². The fourth-order valence-electron chi connectivity index (χ4n) is 4.11. The highest BCUT2D eigenvalue weighted by Crippen LogP contribution is 2.35. The average Bonchev–Trinajstić information content (AvgIpc) is 2.79. The number of hydrogen-bond acceptors (Lipinski definition) is 5. The first-order valence-corrected chi connectivity index (χ1v) is 11.1. The highest BCUT2D eigenvalue weighted by Gasteiger charge is 2.31. The van der Waals surface area contributed by atoms with Crippen LogP contribution in [0.2, 0.25) is 10.0 Å². The van der Waals surface area contributed by atoms with E-state index in [9.17, 15) is 14.7 Å². The van der Waals surface area contributed by atoms with Gasteiger partial charge >= 0.3 is 0 Å². The van der Waals surface area contributed by atoms with Crippen molar-refractivity contribution in [1.29, 1.82) is 0 Å². The van der Waals surface area contributed by atoms with Gasteiger partial charge in [-0.2, -0.15) is 0 Å². The molecular weight excluding hydrogens is 465 g/mol. The van der Waals surface area contributed by atoms with E-state index in [2.05, 4.69) is 4.98 Å². The Morgan fingerprint density at radius 2 is 1.85 bits per heavy atom. The first-order chi connectivity index (χ1) is 15.9. The van der Waals surface area contributed by atoms with Crippen LogP contribution < -0.4 is 9.64 Å². The van der Waals surface area contributed by atoms with Gasteiger partial charge in [0.15, 0.2) is 18.2 Å². The van der Waals surface area contributed by atoms with Gasteiger partial charge in [0, 0.05) is 34.9 Å². The number of rotatable bonds is 3. The van der Waals surface area contributed by atoms with Crippen molar-refractivity contribution in [2.75, 3.05) is 24.6 Å². The molecule has 0 atom stereocenters. The quantitative estimate of drug-likeness (QED) is 0.606. The number of phenols is 1. The highest BCUT2D eigenvalue weighted by atomic mass is 35.5. The third-order valence-electron chi connectivity index (χ3n) is 5.78. The van der Waals surface area contributed by atoms with Crippen LogP contribution in [0.1, 0.15) is 11.1 Å². The van der Waals surface area contributed by atoms with Gasteiger partial charge in [-0.15, -0.1) is 0 Å². The van der Waals surface area contributed by atoms with Gasteiger partial charge in [-0.3, -0.25) is 14.5 Å². The topological polar surface area (TPSA) is 83.0 Å². The number of aromatic hydroxyl groups is 1. The molecule has 0 bridgehead atoms. The number of pyridine rings is 1. The monoisotopic (exact) mass is 483 g/mol. The van der Waals surface area contributed by atoms with Crippen LogP contribution in [0.4, 0.5) is 5.82 Å². The Bertz CT molecular complexity index is 1260. The van der Waals surface area contributed by atoms with Gasteiger partial charge in [-0.1, -0.05) is 29.3 Å². The van der Waals surface area contributed by atoms with Crippen molar-refractivity contribution in [3.05, 3.63) is 69.8 Å². The molecule has 0 radical (unpaired) electrons. The van der Waals surface area contributed by atoms with Crippen molar-refractivity contribution in [3.8, 4) is 22.6 Å². The third kappa shape index (κ3) is 4.34. The van der Waals surface area contributed by atoms with E-state index in [1.165, 1.54) is 4.90 Å². The minimum atomic E-state index is -0.336. The molecule has 1 aromatic heterocycles. The summed E-state index contributed by atoms with van der Waals surface area (Å²) in [6.07, 6.45) is 2.29. The maximum absolute atomic E-state index is 13.1. The van der Waals surface area contributed by atoms with E-state index in [0.717, 1.165) is 22.3 Å². The van der Waals surface area contributed by atoms with Gasteiger partial charge in [-0.05, 0) is 59.5 Å². The predicted octanol–water partition coefficient (Wildman–Crippen LogP) is 4.07. The second kappa shape index (κ2) is 8.57. The summed E-state index contributed by atoms with van der Waals surface area (Å²) >= 11 is 12.2. The van der Waals surface area contributed by atoms with Crippen molar-refractivity contribution < 1.29 is 19.4 Å². The van der Waals surface area contributed by atoms with Crippen molar-refractivity contribution >= 4 is 40.8 Å². The van der Waals surface area contributed by atoms with Crippen molar-refractivity contribution in [2.24, 2.45) is 0 Å². The van der Waals surface area contributed by atoms with Crippen LogP contribution in [-0.4, -0.2) is 46.5 Å². The second-order valence-corrected chi connectivity index (χ2v) is 8.86. The number of hydrogen-bond donors (Lipinski definition) is 1. The number of carbonyl (C=O) groups is 2. The third-order valence-corrected chi connectivity index (χ3v) is 6.22. The molecule has 5 rings (SSSR count). The zero-order valence-corrected chi connectivity index (χ0v) is 18.9.